The van der Waals surface area contributed by atoms with Crippen molar-refractivity contribution < 1.29 is 4.79 Å². The lowest BCUT2D eigenvalue weighted by molar-refractivity contribution is -0.120. The Bertz CT molecular complexity index is 691. The molecule has 3 rings (SSSR count). The molecule has 0 radical (unpaired) electrons. The first-order valence-electron chi connectivity index (χ1n) is 8.60. The number of benzene rings is 1. The van der Waals surface area contributed by atoms with Crippen molar-refractivity contribution in [3.63, 3.8) is 0 Å². The molecule has 1 aliphatic heterocycles. The number of hydrogen-bond donors (Lipinski definition) is 2. The van der Waals surface area contributed by atoms with Crippen LogP contribution in [0.5, 0.6) is 0 Å². The smallest absolute Gasteiger partial charge is 0.224 e. The van der Waals surface area contributed by atoms with Gasteiger partial charge < -0.3 is 20.9 Å². The summed E-state index contributed by atoms with van der Waals surface area (Å²) in [5, 5.41) is 2.94. The average Bonchev–Trinajstić information content (AvgIpc) is 2.63. The number of piperazine rings is 1. The highest BCUT2D eigenvalue weighted by Crippen LogP contribution is 2.13. The molecule has 1 fully saturated rings. The zero-order chi connectivity index (χ0) is 17.6. The van der Waals surface area contributed by atoms with Gasteiger partial charge in [0.05, 0.1) is 6.42 Å². The number of hydrogen-bond acceptors (Lipinski definition) is 5. The standard InChI is InChI=1S/C19H25N5O/c1-23-8-10-24(11-9-23)18-7-4-16(13-21-18)14-22-19(25)12-15-2-5-17(20)6-3-15/h2-7,13H,8-12,14,20H2,1H3,(H,22,25). The molecule has 1 aromatic carbocycles. The lowest BCUT2D eigenvalue weighted by Gasteiger charge is -2.33. The molecule has 1 amide bonds. The molecule has 1 saturated heterocycles. The van der Waals surface area contributed by atoms with Gasteiger partial charge in [0.25, 0.3) is 0 Å². The number of nitrogens with two attached hydrogens (primary N) is 1. The van der Waals surface area contributed by atoms with Gasteiger partial charge in [-0.3, -0.25) is 4.79 Å². The Balaban J connectivity index is 1.48. The van der Waals surface area contributed by atoms with E-state index < -0.39 is 0 Å². The lowest BCUT2D eigenvalue weighted by Crippen LogP contribution is -2.44. The van der Waals surface area contributed by atoms with Crippen molar-refractivity contribution in [2.45, 2.75) is 13.0 Å². The maximum absolute atomic E-state index is 12.0. The van der Waals surface area contributed by atoms with Gasteiger partial charge in [-0.1, -0.05) is 18.2 Å². The Kier molecular flexibility index (Phi) is 5.50. The quantitative estimate of drug-likeness (QED) is 0.803. The number of carbonyl (C=O) groups is 1. The molecular weight excluding hydrogens is 314 g/mol. The third kappa shape index (κ3) is 4.93. The van der Waals surface area contributed by atoms with Crippen molar-refractivity contribution in [1.82, 2.24) is 15.2 Å². The summed E-state index contributed by atoms with van der Waals surface area (Å²) >= 11 is 0. The molecule has 0 bridgehead atoms. The van der Waals surface area contributed by atoms with Crippen LogP contribution in [0.15, 0.2) is 42.6 Å². The Morgan fingerprint density at radius 3 is 2.40 bits per heavy atom. The van der Waals surface area contributed by atoms with E-state index in [0.29, 0.717) is 18.7 Å². The van der Waals surface area contributed by atoms with Crippen molar-refractivity contribution >= 4 is 17.4 Å². The second-order valence-corrected chi connectivity index (χ2v) is 6.51. The van der Waals surface area contributed by atoms with Crippen molar-refractivity contribution in [2.75, 3.05) is 43.9 Å². The lowest BCUT2D eigenvalue weighted by atomic mass is 10.1. The van der Waals surface area contributed by atoms with E-state index in [1.54, 1.807) is 0 Å². The second kappa shape index (κ2) is 7.98. The maximum Gasteiger partial charge on any atom is 0.224 e. The molecule has 0 aliphatic carbocycles. The number of anilines is 2. The first-order valence-corrected chi connectivity index (χ1v) is 8.60. The van der Waals surface area contributed by atoms with Crippen molar-refractivity contribution in [2.24, 2.45) is 0 Å². The summed E-state index contributed by atoms with van der Waals surface area (Å²) in [6, 6.07) is 11.4. The Labute approximate surface area is 148 Å². The van der Waals surface area contributed by atoms with E-state index in [2.05, 4.69) is 27.1 Å². The van der Waals surface area contributed by atoms with E-state index in [9.17, 15) is 4.79 Å². The molecule has 25 heavy (non-hydrogen) atoms. The Morgan fingerprint density at radius 1 is 1.08 bits per heavy atom. The number of amides is 1. The van der Waals surface area contributed by atoms with Gasteiger partial charge in [0, 0.05) is 44.6 Å². The minimum Gasteiger partial charge on any atom is -0.399 e. The zero-order valence-corrected chi connectivity index (χ0v) is 14.6. The summed E-state index contributed by atoms with van der Waals surface area (Å²) in [7, 11) is 2.14. The average molecular weight is 339 g/mol. The number of likely N-dealkylation sites (N-methyl/N-ethyl adjacent to an activating group) is 1. The predicted molar refractivity (Wildman–Crippen MR) is 100 cm³/mol. The molecule has 2 aromatic rings. The van der Waals surface area contributed by atoms with Crippen LogP contribution in [0.1, 0.15) is 11.1 Å². The van der Waals surface area contributed by atoms with Gasteiger partial charge in [0.1, 0.15) is 5.82 Å². The highest BCUT2D eigenvalue weighted by Gasteiger charge is 2.15. The molecule has 0 atom stereocenters. The summed E-state index contributed by atoms with van der Waals surface area (Å²) in [6.07, 6.45) is 2.20. The van der Waals surface area contributed by atoms with Crippen LogP contribution >= 0.6 is 0 Å². The van der Waals surface area contributed by atoms with Crippen LogP contribution in [0.3, 0.4) is 0 Å². The number of aromatic nitrogens is 1. The van der Waals surface area contributed by atoms with Gasteiger partial charge in [0.2, 0.25) is 5.91 Å². The molecule has 132 valence electrons. The molecule has 0 spiro atoms. The van der Waals surface area contributed by atoms with Crippen LogP contribution < -0.4 is 16.0 Å². The van der Waals surface area contributed by atoms with Crippen LogP contribution in [0.25, 0.3) is 0 Å². The molecule has 0 saturated carbocycles. The highest BCUT2D eigenvalue weighted by molar-refractivity contribution is 5.78. The largest absolute Gasteiger partial charge is 0.399 e. The van der Waals surface area contributed by atoms with Crippen LogP contribution in [0.2, 0.25) is 0 Å². The third-order valence-electron chi connectivity index (χ3n) is 4.47. The van der Waals surface area contributed by atoms with E-state index in [1.807, 2.05) is 42.6 Å². The monoisotopic (exact) mass is 339 g/mol. The van der Waals surface area contributed by atoms with Crippen molar-refractivity contribution in [1.29, 1.82) is 0 Å². The fourth-order valence-electron chi connectivity index (χ4n) is 2.83. The Hall–Kier alpha value is -2.60. The number of nitrogens with one attached hydrogen (secondary N) is 1. The van der Waals surface area contributed by atoms with Crippen LogP contribution in [0.4, 0.5) is 11.5 Å². The number of nitrogens with zero attached hydrogens (tertiary/aromatic N) is 3. The van der Waals surface area contributed by atoms with Gasteiger partial charge in [-0.2, -0.15) is 0 Å². The fraction of sp³-hybridized carbons (Fsp3) is 0.368. The van der Waals surface area contributed by atoms with Crippen LogP contribution in [0, 0.1) is 0 Å². The van der Waals surface area contributed by atoms with Crippen LogP contribution in [-0.4, -0.2) is 49.0 Å². The van der Waals surface area contributed by atoms with Crippen molar-refractivity contribution in [3.8, 4) is 0 Å². The predicted octanol–water partition coefficient (Wildman–Crippen LogP) is 1.27. The second-order valence-electron chi connectivity index (χ2n) is 6.51. The summed E-state index contributed by atoms with van der Waals surface area (Å²) in [4.78, 5) is 21.2. The molecule has 0 unspecified atom stereocenters. The van der Waals surface area contributed by atoms with E-state index in [0.717, 1.165) is 43.1 Å². The topological polar surface area (TPSA) is 74.5 Å². The molecule has 1 aliphatic rings. The Morgan fingerprint density at radius 2 is 1.76 bits per heavy atom. The third-order valence-corrected chi connectivity index (χ3v) is 4.47. The summed E-state index contributed by atoms with van der Waals surface area (Å²) in [5.41, 5.74) is 8.31. The SMILES string of the molecule is CN1CCN(c2ccc(CNC(=O)Cc3ccc(N)cc3)cn2)CC1. The maximum atomic E-state index is 12.0. The van der Waals surface area contributed by atoms with Crippen molar-refractivity contribution in [3.05, 3.63) is 53.7 Å². The van der Waals surface area contributed by atoms with Gasteiger partial charge in [0.15, 0.2) is 0 Å². The van der Waals surface area contributed by atoms with E-state index in [-0.39, 0.29) is 5.91 Å². The number of nitrogen functional groups attached to an aromatic ring is 1. The minimum absolute atomic E-state index is 0.00656. The molecule has 6 heteroatoms. The summed E-state index contributed by atoms with van der Waals surface area (Å²) < 4.78 is 0. The minimum atomic E-state index is -0.00656. The highest BCUT2D eigenvalue weighted by atomic mass is 16.1. The van der Waals surface area contributed by atoms with Gasteiger partial charge in [-0.05, 0) is 36.4 Å². The van der Waals surface area contributed by atoms with E-state index in [1.165, 1.54) is 0 Å². The molecule has 1 aromatic heterocycles. The first-order chi connectivity index (χ1) is 12.1. The number of carbonyl (C=O) groups excluding carboxylic acids is 1. The van der Waals surface area contributed by atoms with Gasteiger partial charge in [-0.25, -0.2) is 4.98 Å². The molecule has 6 nitrogen and oxygen atoms in total. The molecule has 2 heterocycles. The van der Waals surface area contributed by atoms with Crippen LogP contribution in [-0.2, 0) is 17.8 Å². The van der Waals surface area contributed by atoms with Gasteiger partial charge in [-0.15, -0.1) is 0 Å². The summed E-state index contributed by atoms with van der Waals surface area (Å²) in [6.45, 7) is 4.61. The first kappa shape index (κ1) is 17.2. The van der Waals surface area contributed by atoms with E-state index >= 15 is 0 Å². The normalized spacial score (nSPS) is 15.2. The number of pyridine rings is 1. The molecule has 3 N–H and O–H groups in total. The van der Waals surface area contributed by atoms with Gasteiger partial charge >= 0.3 is 0 Å². The number of rotatable bonds is 5. The molecular formula is C19H25N5O. The summed E-state index contributed by atoms with van der Waals surface area (Å²) in [5.74, 6) is 0.998. The van der Waals surface area contributed by atoms with E-state index in [4.69, 9.17) is 5.73 Å². The zero-order valence-electron chi connectivity index (χ0n) is 14.6. The fourth-order valence-corrected chi connectivity index (χ4v) is 2.83.